The summed E-state index contributed by atoms with van der Waals surface area (Å²) in [4.78, 5) is 2.44. The van der Waals surface area contributed by atoms with Crippen molar-refractivity contribution in [2.75, 3.05) is 27.3 Å². The highest BCUT2D eigenvalue weighted by Crippen LogP contribution is 2.31. The Bertz CT molecular complexity index is 401. The lowest BCUT2D eigenvalue weighted by Crippen LogP contribution is -2.37. The lowest BCUT2D eigenvalue weighted by atomic mass is 10.0. The van der Waals surface area contributed by atoms with Gasteiger partial charge in [0.2, 0.25) is 0 Å². The molecule has 2 rings (SSSR count). The maximum absolute atomic E-state index is 5.97. The Balaban J connectivity index is 1.93. The minimum Gasteiger partial charge on any atom is -0.493 e. The van der Waals surface area contributed by atoms with Crippen molar-refractivity contribution in [2.24, 2.45) is 5.73 Å². The number of nitrogens with two attached hydrogens (primary N) is 1. The van der Waals surface area contributed by atoms with Crippen LogP contribution in [-0.2, 0) is 6.54 Å². The Morgan fingerprint density at radius 2 is 2.20 bits per heavy atom. The van der Waals surface area contributed by atoms with Gasteiger partial charge in [0.1, 0.15) is 0 Å². The summed E-state index contributed by atoms with van der Waals surface area (Å²) in [5.74, 6) is 1.57. The number of benzene rings is 1. The van der Waals surface area contributed by atoms with Crippen molar-refractivity contribution in [3.05, 3.63) is 23.8 Å². The second-order valence-electron chi connectivity index (χ2n) is 5.42. The zero-order valence-corrected chi connectivity index (χ0v) is 12.6. The first kappa shape index (κ1) is 15.1. The number of hydrogen-bond acceptors (Lipinski definition) is 4. The van der Waals surface area contributed by atoms with Gasteiger partial charge in [-0.15, -0.1) is 0 Å². The largest absolute Gasteiger partial charge is 0.493 e. The number of methoxy groups -OCH3 is 1. The summed E-state index contributed by atoms with van der Waals surface area (Å²) in [7, 11) is 3.87. The van der Waals surface area contributed by atoms with Gasteiger partial charge in [-0.3, -0.25) is 0 Å². The van der Waals surface area contributed by atoms with E-state index in [1.165, 1.54) is 25.8 Å². The molecular formula is C16H26N2O2. The molecule has 0 amide bonds. The van der Waals surface area contributed by atoms with E-state index in [9.17, 15) is 0 Å². The van der Waals surface area contributed by atoms with E-state index in [1.807, 2.05) is 18.2 Å². The minimum atomic E-state index is 0.468. The third kappa shape index (κ3) is 3.64. The van der Waals surface area contributed by atoms with Crippen molar-refractivity contribution < 1.29 is 9.47 Å². The molecule has 1 aliphatic heterocycles. The van der Waals surface area contributed by atoms with Crippen LogP contribution in [-0.4, -0.2) is 38.3 Å². The molecule has 1 atom stereocenters. The van der Waals surface area contributed by atoms with Gasteiger partial charge >= 0.3 is 0 Å². The van der Waals surface area contributed by atoms with Gasteiger partial charge in [-0.25, -0.2) is 0 Å². The monoisotopic (exact) mass is 278 g/mol. The van der Waals surface area contributed by atoms with Gasteiger partial charge in [0.25, 0.3) is 0 Å². The van der Waals surface area contributed by atoms with Crippen LogP contribution in [0.15, 0.2) is 18.2 Å². The predicted octanol–water partition coefficient (Wildman–Crippen LogP) is 2.41. The van der Waals surface area contributed by atoms with Crippen LogP contribution in [0, 0.1) is 0 Å². The van der Waals surface area contributed by atoms with E-state index >= 15 is 0 Å². The van der Waals surface area contributed by atoms with Crippen LogP contribution in [0.5, 0.6) is 11.5 Å². The van der Waals surface area contributed by atoms with Gasteiger partial charge in [0.05, 0.1) is 13.7 Å². The number of para-hydroxylation sites is 1. The average molecular weight is 278 g/mol. The van der Waals surface area contributed by atoms with Crippen LogP contribution in [0.25, 0.3) is 0 Å². The van der Waals surface area contributed by atoms with Crippen LogP contribution in [0.1, 0.15) is 31.2 Å². The molecule has 0 aliphatic carbocycles. The summed E-state index contributed by atoms with van der Waals surface area (Å²) in [6, 6.07) is 6.49. The van der Waals surface area contributed by atoms with Gasteiger partial charge in [-0.2, -0.15) is 0 Å². The quantitative estimate of drug-likeness (QED) is 0.868. The minimum absolute atomic E-state index is 0.468. The molecule has 20 heavy (non-hydrogen) atoms. The van der Waals surface area contributed by atoms with Crippen molar-refractivity contribution >= 4 is 0 Å². The van der Waals surface area contributed by atoms with E-state index in [-0.39, 0.29) is 0 Å². The molecule has 112 valence electrons. The average Bonchev–Trinajstić information content (AvgIpc) is 2.49. The summed E-state index contributed by atoms with van der Waals surface area (Å²) >= 11 is 0. The van der Waals surface area contributed by atoms with Crippen LogP contribution in [0.4, 0.5) is 0 Å². The van der Waals surface area contributed by atoms with Crippen LogP contribution in [0.2, 0.25) is 0 Å². The standard InChI is InChI=1S/C16H26N2O2/c1-18-10-4-3-7-14(18)9-11-20-16-13(12-17)6-5-8-15(16)19-2/h5-6,8,14H,3-4,7,9-12,17H2,1-2H3. The van der Waals surface area contributed by atoms with Crippen molar-refractivity contribution in [2.45, 2.75) is 38.3 Å². The number of piperidine rings is 1. The Kier molecular flexibility index (Phi) is 5.68. The van der Waals surface area contributed by atoms with Crippen molar-refractivity contribution in [1.82, 2.24) is 4.90 Å². The third-order valence-electron chi connectivity index (χ3n) is 4.12. The normalized spacial score (nSPS) is 19.9. The molecular weight excluding hydrogens is 252 g/mol. The fourth-order valence-corrected chi connectivity index (χ4v) is 2.85. The Labute approximate surface area is 121 Å². The first-order valence-electron chi connectivity index (χ1n) is 7.45. The van der Waals surface area contributed by atoms with E-state index in [1.54, 1.807) is 7.11 Å². The fraction of sp³-hybridized carbons (Fsp3) is 0.625. The first-order chi connectivity index (χ1) is 9.76. The Morgan fingerprint density at radius 3 is 2.90 bits per heavy atom. The lowest BCUT2D eigenvalue weighted by molar-refractivity contribution is 0.151. The molecule has 4 heteroatoms. The van der Waals surface area contributed by atoms with Crippen LogP contribution >= 0.6 is 0 Å². The van der Waals surface area contributed by atoms with E-state index in [2.05, 4.69) is 11.9 Å². The van der Waals surface area contributed by atoms with E-state index < -0.39 is 0 Å². The predicted molar refractivity (Wildman–Crippen MR) is 81.3 cm³/mol. The Hall–Kier alpha value is -1.26. The van der Waals surface area contributed by atoms with Crippen LogP contribution in [0.3, 0.4) is 0 Å². The highest BCUT2D eigenvalue weighted by atomic mass is 16.5. The molecule has 2 N–H and O–H groups in total. The molecule has 1 aliphatic rings. The molecule has 1 saturated heterocycles. The molecule has 1 unspecified atom stereocenters. The second-order valence-corrected chi connectivity index (χ2v) is 5.42. The van der Waals surface area contributed by atoms with E-state index in [0.29, 0.717) is 19.2 Å². The number of likely N-dealkylation sites (tertiary alicyclic amines) is 1. The molecule has 0 bridgehead atoms. The van der Waals surface area contributed by atoms with Gasteiger partial charge < -0.3 is 20.1 Å². The highest BCUT2D eigenvalue weighted by molar-refractivity contribution is 5.46. The molecule has 1 heterocycles. The molecule has 0 saturated carbocycles. The van der Waals surface area contributed by atoms with Gasteiger partial charge in [0.15, 0.2) is 11.5 Å². The molecule has 0 spiro atoms. The third-order valence-corrected chi connectivity index (χ3v) is 4.12. The summed E-state index contributed by atoms with van der Waals surface area (Å²) in [6.07, 6.45) is 4.98. The van der Waals surface area contributed by atoms with Gasteiger partial charge in [0, 0.05) is 18.2 Å². The van der Waals surface area contributed by atoms with Crippen LogP contribution < -0.4 is 15.2 Å². The summed E-state index contributed by atoms with van der Waals surface area (Å²) in [5.41, 5.74) is 6.77. The number of nitrogens with zero attached hydrogens (tertiary/aromatic N) is 1. The second kappa shape index (κ2) is 7.50. The number of hydrogen-bond donors (Lipinski definition) is 1. The molecule has 4 nitrogen and oxygen atoms in total. The number of ether oxygens (including phenoxy) is 2. The molecule has 0 aromatic heterocycles. The zero-order valence-electron chi connectivity index (χ0n) is 12.6. The fourth-order valence-electron chi connectivity index (χ4n) is 2.85. The summed E-state index contributed by atoms with van der Waals surface area (Å²) in [5, 5.41) is 0. The molecule has 1 aromatic carbocycles. The highest BCUT2D eigenvalue weighted by Gasteiger charge is 2.19. The van der Waals surface area contributed by atoms with Crippen molar-refractivity contribution in [1.29, 1.82) is 0 Å². The number of rotatable bonds is 6. The Morgan fingerprint density at radius 1 is 1.35 bits per heavy atom. The maximum atomic E-state index is 5.97. The molecule has 1 aromatic rings. The van der Waals surface area contributed by atoms with E-state index in [0.717, 1.165) is 23.5 Å². The van der Waals surface area contributed by atoms with Crippen molar-refractivity contribution in [3.8, 4) is 11.5 Å². The smallest absolute Gasteiger partial charge is 0.165 e. The summed E-state index contributed by atoms with van der Waals surface area (Å²) < 4.78 is 11.3. The zero-order chi connectivity index (χ0) is 14.4. The van der Waals surface area contributed by atoms with Gasteiger partial charge in [-0.1, -0.05) is 18.6 Å². The maximum Gasteiger partial charge on any atom is 0.165 e. The lowest BCUT2D eigenvalue weighted by Gasteiger charge is -2.32. The van der Waals surface area contributed by atoms with Gasteiger partial charge in [-0.05, 0) is 38.9 Å². The topological polar surface area (TPSA) is 47.7 Å². The van der Waals surface area contributed by atoms with Crippen molar-refractivity contribution in [3.63, 3.8) is 0 Å². The summed E-state index contributed by atoms with van der Waals surface area (Å²) in [6.45, 7) is 2.38. The SMILES string of the molecule is COc1cccc(CN)c1OCCC1CCCCN1C. The van der Waals surface area contributed by atoms with E-state index in [4.69, 9.17) is 15.2 Å². The molecule has 1 fully saturated rings. The first-order valence-corrected chi connectivity index (χ1v) is 7.45. The molecule has 0 radical (unpaired) electrons.